The Morgan fingerprint density at radius 2 is 1.63 bits per heavy atom. The number of ether oxygens (including phenoxy) is 2. The Morgan fingerprint density at radius 3 is 2.26 bits per heavy atom. The number of methoxy groups -OCH3 is 1. The molecule has 13 heteroatoms. The highest BCUT2D eigenvalue weighted by molar-refractivity contribution is 7.22. The average molecular weight is 650 g/mol. The summed E-state index contributed by atoms with van der Waals surface area (Å²) in [6.07, 6.45) is 0. The van der Waals surface area contributed by atoms with E-state index in [9.17, 15) is 23.2 Å². The molecule has 0 unspecified atom stereocenters. The first-order chi connectivity index (χ1) is 22.3. The maximum absolute atomic E-state index is 14.9. The molecule has 0 bridgehead atoms. The van der Waals surface area contributed by atoms with Crippen LogP contribution in [0.5, 0.6) is 5.75 Å². The summed E-state index contributed by atoms with van der Waals surface area (Å²) in [6, 6.07) is 16.6. The van der Waals surface area contributed by atoms with E-state index in [1.807, 2.05) is 6.92 Å². The number of carbonyl (C=O) groups is 1. The van der Waals surface area contributed by atoms with Gasteiger partial charge < -0.3 is 25.4 Å². The van der Waals surface area contributed by atoms with Gasteiger partial charge in [0.2, 0.25) is 0 Å². The molecule has 3 aromatic carbocycles. The van der Waals surface area contributed by atoms with Gasteiger partial charge in [-0.1, -0.05) is 18.2 Å². The fourth-order valence-corrected chi connectivity index (χ4v) is 6.34. The normalized spacial score (nSPS) is 11.2. The number of aromatic nitrogens is 2. The SMILES string of the molecule is CCNC(=O)Nc1ccc(-c2sc3c(c2CNC)c(=O)n(-c2ccc(OCCOC)cc2)c(=O)n3Cc2c(F)cccc2F)cc1. The summed E-state index contributed by atoms with van der Waals surface area (Å²) < 4.78 is 42.7. The van der Waals surface area contributed by atoms with Gasteiger partial charge in [-0.25, -0.2) is 22.9 Å². The molecule has 0 saturated carbocycles. The van der Waals surface area contributed by atoms with Crippen LogP contribution < -0.4 is 31.9 Å². The predicted molar refractivity (Wildman–Crippen MR) is 175 cm³/mol. The number of urea groups is 1. The van der Waals surface area contributed by atoms with E-state index in [1.165, 1.54) is 22.0 Å². The number of rotatable bonds is 12. The number of carbonyl (C=O) groups excluding carboxylic acids is 1. The molecule has 0 saturated heterocycles. The molecule has 0 aliphatic heterocycles. The quantitative estimate of drug-likeness (QED) is 0.162. The van der Waals surface area contributed by atoms with E-state index in [1.54, 1.807) is 62.7 Å². The first kappa shape index (κ1) is 32.5. The number of fused-ring (bicyclic) bond motifs is 1. The highest BCUT2D eigenvalue weighted by Crippen LogP contribution is 2.38. The summed E-state index contributed by atoms with van der Waals surface area (Å²) in [7, 11) is 3.30. The number of hydrogen-bond donors (Lipinski definition) is 3. The zero-order chi connectivity index (χ0) is 32.8. The van der Waals surface area contributed by atoms with Crippen molar-refractivity contribution in [2.45, 2.75) is 20.0 Å². The number of amides is 2. The van der Waals surface area contributed by atoms with E-state index >= 15 is 0 Å². The largest absolute Gasteiger partial charge is 0.491 e. The fraction of sp³-hybridized carbons (Fsp3) is 0.242. The van der Waals surface area contributed by atoms with Crippen molar-refractivity contribution in [3.05, 3.63) is 110 Å². The van der Waals surface area contributed by atoms with Crippen molar-refractivity contribution in [1.29, 1.82) is 0 Å². The van der Waals surface area contributed by atoms with Crippen molar-refractivity contribution in [2.75, 3.05) is 39.2 Å². The number of benzene rings is 3. The Bertz CT molecular complexity index is 1950. The first-order valence-electron chi connectivity index (χ1n) is 14.5. The molecule has 5 rings (SSSR count). The number of anilines is 1. The van der Waals surface area contributed by atoms with Crippen LogP contribution in [0, 0.1) is 11.6 Å². The number of nitrogens with one attached hydrogen (secondary N) is 3. The van der Waals surface area contributed by atoms with Crippen molar-refractivity contribution in [1.82, 2.24) is 19.8 Å². The van der Waals surface area contributed by atoms with Gasteiger partial charge in [-0.15, -0.1) is 11.3 Å². The minimum absolute atomic E-state index is 0.246. The molecule has 2 heterocycles. The molecule has 10 nitrogen and oxygen atoms in total. The third-order valence-corrected chi connectivity index (χ3v) is 8.50. The molecule has 46 heavy (non-hydrogen) atoms. The van der Waals surface area contributed by atoms with Crippen LogP contribution in [0.1, 0.15) is 18.1 Å². The van der Waals surface area contributed by atoms with Gasteiger partial charge in [-0.2, -0.15) is 0 Å². The lowest BCUT2D eigenvalue weighted by Gasteiger charge is -2.14. The van der Waals surface area contributed by atoms with E-state index < -0.39 is 29.4 Å². The zero-order valence-corrected chi connectivity index (χ0v) is 26.3. The van der Waals surface area contributed by atoms with Gasteiger partial charge in [-0.3, -0.25) is 9.36 Å². The molecular weight excluding hydrogens is 616 g/mol. The smallest absolute Gasteiger partial charge is 0.337 e. The van der Waals surface area contributed by atoms with E-state index in [4.69, 9.17) is 9.47 Å². The standard InChI is InChI=1S/C33H33F2N5O5S/c1-4-37-32(42)38-21-10-8-20(9-11-21)29-24(18-36-2)28-30(41)40(22-12-14-23(15-13-22)45-17-16-44-3)33(43)39(31(28)46-29)19-25-26(34)6-5-7-27(25)35/h5-15,36H,4,16-19H2,1-3H3,(H2,37,38,42). The molecule has 0 radical (unpaired) electrons. The third-order valence-electron chi connectivity index (χ3n) is 7.20. The van der Waals surface area contributed by atoms with E-state index in [0.717, 1.165) is 22.3 Å². The van der Waals surface area contributed by atoms with Crippen LogP contribution in [-0.4, -0.2) is 49.1 Å². The first-order valence-corrected chi connectivity index (χ1v) is 15.3. The highest BCUT2D eigenvalue weighted by atomic mass is 32.1. The van der Waals surface area contributed by atoms with Gasteiger partial charge in [-0.05, 0) is 73.6 Å². The number of hydrogen-bond acceptors (Lipinski definition) is 7. The molecule has 240 valence electrons. The monoisotopic (exact) mass is 649 g/mol. The summed E-state index contributed by atoms with van der Waals surface area (Å²) in [5, 5.41) is 8.77. The van der Waals surface area contributed by atoms with E-state index in [0.29, 0.717) is 41.6 Å². The van der Waals surface area contributed by atoms with Crippen LogP contribution in [0.2, 0.25) is 0 Å². The minimum Gasteiger partial charge on any atom is -0.491 e. The maximum atomic E-state index is 14.9. The van der Waals surface area contributed by atoms with Crippen LogP contribution >= 0.6 is 11.3 Å². The number of thiophene rings is 1. The third kappa shape index (κ3) is 6.71. The van der Waals surface area contributed by atoms with Gasteiger partial charge in [0, 0.05) is 36.3 Å². The second kappa shape index (κ2) is 14.5. The second-order valence-corrected chi connectivity index (χ2v) is 11.2. The Balaban J connectivity index is 1.71. The van der Waals surface area contributed by atoms with Crippen molar-refractivity contribution < 1.29 is 23.0 Å². The highest BCUT2D eigenvalue weighted by Gasteiger charge is 2.25. The zero-order valence-electron chi connectivity index (χ0n) is 25.5. The lowest BCUT2D eigenvalue weighted by molar-refractivity contribution is 0.146. The topological polar surface area (TPSA) is 116 Å². The maximum Gasteiger partial charge on any atom is 0.337 e. The van der Waals surface area contributed by atoms with Crippen LogP contribution in [0.15, 0.2) is 76.3 Å². The summed E-state index contributed by atoms with van der Waals surface area (Å²) >= 11 is 1.18. The molecule has 2 aromatic heterocycles. The molecule has 0 fully saturated rings. The Labute approximate surface area is 267 Å². The Morgan fingerprint density at radius 1 is 0.935 bits per heavy atom. The van der Waals surface area contributed by atoms with Crippen LogP contribution in [0.3, 0.4) is 0 Å². The van der Waals surface area contributed by atoms with Gasteiger partial charge in [0.1, 0.15) is 28.8 Å². The Kier molecular flexibility index (Phi) is 10.3. The van der Waals surface area contributed by atoms with E-state index in [-0.39, 0.29) is 34.0 Å². The summed E-state index contributed by atoms with van der Waals surface area (Å²) in [5.74, 6) is -1.10. The Hall–Kier alpha value is -4.85. The van der Waals surface area contributed by atoms with Crippen molar-refractivity contribution >= 4 is 33.3 Å². The van der Waals surface area contributed by atoms with Gasteiger partial charge >= 0.3 is 11.7 Å². The van der Waals surface area contributed by atoms with Gasteiger partial charge in [0.25, 0.3) is 5.56 Å². The fourth-order valence-electron chi connectivity index (χ4n) is 5.03. The van der Waals surface area contributed by atoms with Gasteiger partial charge in [0.05, 0.1) is 24.2 Å². The lowest BCUT2D eigenvalue weighted by Crippen LogP contribution is -2.39. The molecular formula is C33H33F2N5O5S. The van der Waals surface area contributed by atoms with Crippen molar-refractivity contribution in [3.63, 3.8) is 0 Å². The molecule has 0 atom stereocenters. The molecule has 5 aromatic rings. The molecule has 3 N–H and O–H groups in total. The summed E-state index contributed by atoms with van der Waals surface area (Å²) in [5.41, 5.74) is 0.556. The molecule has 0 spiro atoms. The van der Waals surface area contributed by atoms with Crippen LogP contribution in [0.4, 0.5) is 19.3 Å². The number of nitrogens with zero attached hydrogens (tertiary/aromatic N) is 2. The van der Waals surface area contributed by atoms with Crippen LogP contribution in [0.25, 0.3) is 26.3 Å². The molecule has 0 aliphatic carbocycles. The summed E-state index contributed by atoms with van der Waals surface area (Å²) in [4.78, 5) is 41.3. The summed E-state index contributed by atoms with van der Waals surface area (Å²) in [6.45, 7) is 2.81. The number of halogens is 2. The lowest BCUT2D eigenvalue weighted by atomic mass is 10.1. The molecule has 2 amide bonds. The molecule has 0 aliphatic rings. The van der Waals surface area contributed by atoms with Crippen molar-refractivity contribution in [3.8, 4) is 21.9 Å². The second-order valence-electron chi connectivity index (χ2n) is 10.2. The van der Waals surface area contributed by atoms with E-state index in [2.05, 4.69) is 16.0 Å². The van der Waals surface area contributed by atoms with Gasteiger partial charge in [0.15, 0.2) is 0 Å². The average Bonchev–Trinajstić information content (AvgIpc) is 3.41. The van der Waals surface area contributed by atoms with Crippen molar-refractivity contribution in [2.24, 2.45) is 0 Å². The van der Waals surface area contributed by atoms with Crippen LogP contribution in [-0.2, 0) is 17.8 Å². The predicted octanol–water partition coefficient (Wildman–Crippen LogP) is 5.09. The minimum atomic E-state index is -0.808.